The second-order valence-corrected chi connectivity index (χ2v) is 4.88. The first-order chi connectivity index (χ1) is 9.76. The van der Waals surface area contributed by atoms with Gasteiger partial charge in [0.25, 0.3) is 0 Å². The van der Waals surface area contributed by atoms with Crippen LogP contribution in [0.2, 0.25) is 0 Å². The molecule has 0 saturated heterocycles. The van der Waals surface area contributed by atoms with Gasteiger partial charge in [-0.25, -0.2) is 9.37 Å². The summed E-state index contributed by atoms with van der Waals surface area (Å²) in [6.07, 6.45) is 8.52. The molecule has 4 heteroatoms. The number of halogens is 1. The molecule has 0 aliphatic rings. The average molecular weight is 276 g/mol. The maximum Gasteiger partial charge on any atom is 0.137 e. The number of aromatic nitrogens is 2. The molecular weight excluding hydrogens is 255 g/mol. The highest BCUT2D eigenvalue weighted by Crippen LogP contribution is 2.16. The Bertz CT molecular complexity index is 589. The Morgan fingerprint density at radius 1 is 1.35 bits per heavy atom. The average Bonchev–Trinajstić information content (AvgIpc) is 2.88. The molecule has 2 heterocycles. The summed E-state index contributed by atoms with van der Waals surface area (Å²) in [6.45, 7) is 4.37. The molecule has 0 saturated carbocycles. The molecule has 0 radical (unpaired) electrons. The molecule has 2 aromatic heterocycles. The molecule has 2 aromatic rings. The molecule has 0 N–H and O–H groups in total. The molecule has 0 bridgehead atoms. The smallest absolute Gasteiger partial charge is 0.137 e. The van der Waals surface area contributed by atoms with Gasteiger partial charge in [0.15, 0.2) is 0 Å². The zero-order chi connectivity index (χ0) is 14.4. The minimum Gasteiger partial charge on any atom is -0.488 e. The lowest BCUT2D eigenvalue weighted by molar-refractivity contribution is 0.344. The summed E-state index contributed by atoms with van der Waals surface area (Å²) in [7, 11) is 0. The molecule has 3 nitrogen and oxygen atoms in total. The maximum atomic E-state index is 12.5. The highest BCUT2D eigenvalue weighted by atomic mass is 19.1. The van der Waals surface area contributed by atoms with Crippen LogP contribution >= 0.6 is 0 Å². The first-order valence-corrected chi connectivity index (χ1v) is 7.15. The molecule has 0 amide bonds. The standard InChI is InChI=1S/C16H21FN2O/c1-3-5-6-14-10-19-11-15(7-8-16(19)18-14)20-12-13(4-2)9-17/h7-11H,3-6,12H2,1-2H3/b13-9-. The molecule has 0 spiro atoms. The van der Waals surface area contributed by atoms with Crippen LogP contribution in [0.3, 0.4) is 0 Å². The van der Waals surface area contributed by atoms with Gasteiger partial charge in [0.2, 0.25) is 0 Å². The van der Waals surface area contributed by atoms with Gasteiger partial charge in [0.05, 0.1) is 18.2 Å². The van der Waals surface area contributed by atoms with Crippen molar-refractivity contribution in [3.05, 3.63) is 42.1 Å². The Hall–Kier alpha value is -1.84. The third kappa shape index (κ3) is 3.59. The fourth-order valence-electron chi connectivity index (χ4n) is 1.97. The highest BCUT2D eigenvalue weighted by molar-refractivity contribution is 5.43. The summed E-state index contributed by atoms with van der Waals surface area (Å²) in [5.74, 6) is 0.727. The SMILES string of the molecule is CCCCc1cn2cc(OC/C(=C\F)CC)ccc2n1. The van der Waals surface area contributed by atoms with Gasteiger partial charge >= 0.3 is 0 Å². The van der Waals surface area contributed by atoms with E-state index in [4.69, 9.17) is 4.74 Å². The van der Waals surface area contributed by atoms with Crippen molar-refractivity contribution in [2.24, 2.45) is 0 Å². The van der Waals surface area contributed by atoms with E-state index in [-0.39, 0.29) is 6.61 Å². The minimum atomic E-state index is 0.288. The summed E-state index contributed by atoms with van der Waals surface area (Å²) in [6, 6.07) is 3.80. The van der Waals surface area contributed by atoms with Gasteiger partial charge < -0.3 is 9.14 Å². The Morgan fingerprint density at radius 3 is 2.90 bits per heavy atom. The Kier molecular flexibility index (Phi) is 5.16. The van der Waals surface area contributed by atoms with Crippen LogP contribution in [0.25, 0.3) is 5.65 Å². The van der Waals surface area contributed by atoms with Crippen molar-refractivity contribution < 1.29 is 9.13 Å². The summed E-state index contributed by atoms with van der Waals surface area (Å²) in [4.78, 5) is 4.55. The van der Waals surface area contributed by atoms with Gasteiger partial charge in [-0.15, -0.1) is 0 Å². The number of ether oxygens (including phenoxy) is 1. The predicted molar refractivity (Wildman–Crippen MR) is 78.8 cm³/mol. The number of nitrogens with zero attached hydrogens (tertiary/aromatic N) is 2. The number of fused-ring (bicyclic) bond motifs is 1. The van der Waals surface area contributed by atoms with Crippen LogP contribution in [-0.2, 0) is 6.42 Å². The van der Waals surface area contributed by atoms with Gasteiger partial charge in [-0.1, -0.05) is 20.3 Å². The van der Waals surface area contributed by atoms with Crippen LogP contribution in [0.1, 0.15) is 38.8 Å². The molecule has 0 aliphatic heterocycles. The lowest BCUT2D eigenvalue weighted by Crippen LogP contribution is -2.01. The van der Waals surface area contributed by atoms with Crippen LogP contribution < -0.4 is 4.74 Å². The Balaban J connectivity index is 2.08. The van der Waals surface area contributed by atoms with E-state index in [2.05, 4.69) is 11.9 Å². The van der Waals surface area contributed by atoms with Gasteiger partial charge in [0.1, 0.15) is 18.0 Å². The van der Waals surface area contributed by atoms with Crippen LogP contribution in [-0.4, -0.2) is 16.0 Å². The van der Waals surface area contributed by atoms with Gasteiger partial charge in [-0.2, -0.15) is 0 Å². The number of hydrogen-bond acceptors (Lipinski definition) is 2. The van der Waals surface area contributed by atoms with Crippen molar-refractivity contribution in [3.63, 3.8) is 0 Å². The fraction of sp³-hybridized carbons (Fsp3) is 0.438. The molecule has 20 heavy (non-hydrogen) atoms. The fourth-order valence-corrected chi connectivity index (χ4v) is 1.97. The van der Waals surface area contributed by atoms with Gasteiger partial charge in [0, 0.05) is 6.20 Å². The second-order valence-electron chi connectivity index (χ2n) is 4.88. The summed E-state index contributed by atoms with van der Waals surface area (Å²) >= 11 is 0. The van der Waals surface area contributed by atoms with E-state index in [1.807, 2.05) is 35.9 Å². The van der Waals surface area contributed by atoms with Crippen molar-refractivity contribution in [2.45, 2.75) is 39.5 Å². The zero-order valence-electron chi connectivity index (χ0n) is 12.1. The Labute approximate surface area is 119 Å². The van der Waals surface area contributed by atoms with E-state index >= 15 is 0 Å². The maximum absolute atomic E-state index is 12.5. The lowest BCUT2D eigenvalue weighted by Gasteiger charge is -2.07. The van der Waals surface area contributed by atoms with Crippen LogP contribution in [0, 0.1) is 0 Å². The van der Waals surface area contributed by atoms with E-state index in [9.17, 15) is 4.39 Å². The van der Waals surface area contributed by atoms with Crippen molar-refractivity contribution in [2.75, 3.05) is 6.61 Å². The number of hydrogen-bond donors (Lipinski definition) is 0. The normalized spacial score (nSPS) is 12.1. The number of imidazole rings is 1. The molecule has 2 rings (SSSR count). The van der Waals surface area contributed by atoms with Crippen molar-refractivity contribution in [1.29, 1.82) is 0 Å². The number of rotatable bonds is 7. The third-order valence-corrected chi connectivity index (χ3v) is 3.29. The topological polar surface area (TPSA) is 26.5 Å². The third-order valence-electron chi connectivity index (χ3n) is 3.29. The van der Waals surface area contributed by atoms with E-state index < -0.39 is 0 Å². The van der Waals surface area contributed by atoms with E-state index in [1.165, 1.54) is 0 Å². The largest absolute Gasteiger partial charge is 0.488 e. The molecular formula is C16H21FN2O. The summed E-state index contributed by atoms with van der Waals surface area (Å²) < 4.78 is 20.0. The van der Waals surface area contributed by atoms with Gasteiger partial charge in [-0.3, -0.25) is 0 Å². The van der Waals surface area contributed by atoms with Crippen molar-refractivity contribution in [1.82, 2.24) is 9.38 Å². The highest BCUT2D eigenvalue weighted by Gasteiger charge is 2.03. The summed E-state index contributed by atoms with van der Waals surface area (Å²) in [5.41, 5.74) is 2.67. The number of unbranched alkanes of at least 4 members (excludes halogenated alkanes) is 1. The number of pyridine rings is 1. The zero-order valence-corrected chi connectivity index (χ0v) is 12.1. The summed E-state index contributed by atoms with van der Waals surface area (Å²) in [5, 5.41) is 0. The van der Waals surface area contributed by atoms with Crippen LogP contribution in [0.15, 0.2) is 36.4 Å². The minimum absolute atomic E-state index is 0.288. The van der Waals surface area contributed by atoms with E-state index in [0.717, 1.165) is 36.4 Å². The first-order valence-electron chi connectivity index (χ1n) is 7.15. The predicted octanol–water partition coefficient (Wildman–Crippen LogP) is 4.32. The first kappa shape index (κ1) is 14.6. The molecule has 108 valence electrons. The molecule has 0 unspecified atom stereocenters. The van der Waals surface area contributed by atoms with Gasteiger partial charge in [-0.05, 0) is 37.0 Å². The van der Waals surface area contributed by atoms with Crippen LogP contribution in [0.5, 0.6) is 5.75 Å². The number of aryl methyl sites for hydroxylation is 1. The monoisotopic (exact) mass is 276 g/mol. The van der Waals surface area contributed by atoms with E-state index in [0.29, 0.717) is 18.3 Å². The molecule has 0 aliphatic carbocycles. The lowest BCUT2D eigenvalue weighted by atomic mass is 10.2. The van der Waals surface area contributed by atoms with E-state index in [1.54, 1.807) is 0 Å². The quantitative estimate of drug-likeness (QED) is 0.753. The Morgan fingerprint density at radius 2 is 2.20 bits per heavy atom. The molecule has 0 fully saturated rings. The van der Waals surface area contributed by atoms with Crippen molar-refractivity contribution in [3.8, 4) is 5.75 Å². The molecule has 0 atom stereocenters. The van der Waals surface area contributed by atoms with Crippen LogP contribution in [0.4, 0.5) is 4.39 Å². The second kappa shape index (κ2) is 7.08. The molecule has 0 aromatic carbocycles. The van der Waals surface area contributed by atoms with Crippen molar-refractivity contribution >= 4 is 5.65 Å².